The molecule has 1 atom stereocenters. The molecular weight excluding hydrogens is 290 g/mol. The third-order valence-electron chi connectivity index (χ3n) is 3.71. The average Bonchev–Trinajstić information content (AvgIpc) is 2.85. The largest absolute Gasteiger partial charge is 0.282 e. The summed E-state index contributed by atoms with van der Waals surface area (Å²) in [6.07, 6.45) is 1.19. The van der Waals surface area contributed by atoms with Gasteiger partial charge in [-0.3, -0.25) is 4.57 Å². The summed E-state index contributed by atoms with van der Waals surface area (Å²) in [6.45, 7) is 4.57. The zero-order valence-corrected chi connectivity index (χ0v) is 12.2. The second kappa shape index (κ2) is 4.19. The van der Waals surface area contributed by atoms with Crippen molar-refractivity contribution in [1.29, 1.82) is 0 Å². The van der Waals surface area contributed by atoms with Crippen molar-refractivity contribution in [1.82, 2.24) is 14.8 Å². The number of nitrogens with zero attached hydrogens (tertiary/aromatic N) is 3. The van der Waals surface area contributed by atoms with Crippen LogP contribution in [0.25, 0.3) is 5.69 Å². The van der Waals surface area contributed by atoms with Crippen molar-refractivity contribution in [2.45, 2.75) is 31.5 Å². The van der Waals surface area contributed by atoms with Crippen LogP contribution in [0.1, 0.15) is 37.8 Å². The first kappa shape index (κ1) is 11.9. The molecule has 1 aliphatic carbocycles. The summed E-state index contributed by atoms with van der Waals surface area (Å²) >= 11 is 3.49. The Morgan fingerprint density at radius 2 is 1.94 bits per heavy atom. The number of hydrogen-bond acceptors (Lipinski definition) is 2. The van der Waals surface area contributed by atoms with Gasteiger partial charge in [-0.2, -0.15) is 0 Å². The number of halogens is 1. The minimum atomic E-state index is 0.364. The summed E-state index contributed by atoms with van der Waals surface area (Å²) in [4.78, 5) is 0. The quantitative estimate of drug-likeness (QED) is 0.810. The molecular formula is C14H16BrN3. The van der Waals surface area contributed by atoms with Gasteiger partial charge in [0.2, 0.25) is 0 Å². The van der Waals surface area contributed by atoms with Crippen molar-refractivity contribution in [3.63, 3.8) is 0 Å². The van der Waals surface area contributed by atoms with E-state index < -0.39 is 0 Å². The second-order valence-corrected chi connectivity index (χ2v) is 6.09. The Labute approximate surface area is 115 Å². The van der Waals surface area contributed by atoms with Gasteiger partial charge in [-0.25, -0.2) is 0 Å². The van der Waals surface area contributed by atoms with Gasteiger partial charge in [-0.05, 0) is 24.0 Å². The fraction of sp³-hybridized carbons (Fsp3) is 0.429. The average molecular weight is 306 g/mol. The first-order chi connectivity index (χ1) is 8.63. The molecule has 1 aromatic heterocycles. The van der Waals surface area contributed by atoms with E-state index in [-0.39, 0.29) is 0 Å². The number of aromatic nitrogens is 3. The van der Waals surface area contributed by atoms with Crippen molar-refractivity contribution in [2.75, 3.05) is 0 Å². The Balaban J connectivity index is 2.09. The van der Waals surface area contributed by atoms with E-state index in [9.17, 15) is 0 Å². The molecule has 1 saturated carbocycles. The van der Waals surface area contributed by atoms with Gasteiger partial charge in [0.05, 0.1) is 5.33 Å². The molecule has 1 fully saturated rings. The third kappa shape index (κ3) is 1.88. The first-order valence-electron chi connectivity index (χ1n) is 6.19. The molecule has 0 saturated heterocycles. The van der Waals surface area contributed by atoms with E-state index in [1.54, 1.807) is 0 Å². The Morgan fingerprint density at radius 1 is 1.28 bits per heavy atom. The van der Waals surface area contributed by atoms with Gasteiger partial charge in [0.1, 0.15) is 11.6 Å². The Bertz CT molecular complexity index is 560. The van der Waals surface area contributed by atoms with Crippen molar-refractivity contribution in [3.8, 4) is 5.69 Å². The van der Waals surface area contributed by atoms with Crippen LogP contribution in [0, 0.1) is 5.41 Å². The van der Waals surface area contributed by atoms with Gasteiger partial charge in [-0.15, -0.1) is 10.2 Å². The smallest absolute Gasteiger partial charge is 0.148 e. The highest BCUT2D eigenvalue weighted by atomic mass is 79.9. The minimum absolute atomic E-state index is 0.364. The zero-order chi connectivity index (χ0) is 12.8. The predicted octanol–water partition coefficient (Wildman–Crippen LogP) is 3.68. The zero-order valence-electron chi connectivity index (χ0n) is 10.6. The standard InChI is InChI=1S/C14H16BrN3/c1-14(2)8-11(14)13-17-16-12(9-15)18(13)10-6-4-3-5-7-10/h3-7,11H,8-9H2,1-2H3. The summed E-state index contributed by atoms with van der Waals surface area (Å²) in [6, 6.07) is 10.3. The van der Waals surface area contributed by atoms with E-state index in [0.29, 0.717) is 11.3 Å². The fourth-order valence-electron chi connectivity index (χ4n) is 2.41. The van der Waals surface area contributed by atoms with Crippen LogP contribution in [0.5, 0.6) is 0 Å². The minimum Gasteiger partial charge on any atom is -0.282 e. The van der Waals surface area contributed by atoms with Gasteiger partial charge < -0.3 is 0 Å². The summed E-state index contributed by atoms with van der Waals surface area (Å²) in [5, 5.41) is 9.43. The van der Waals surface area contributed by atoms with Crippen LogP contribution >= 0.6 is 15.9 Å². The number of alkyl halides is 1. The molecule has 94 valence electrons. The molecule has 18 heavy (non-hydrogen) atoms. The van der Waals surface area contributed by atoms with Crippen LogP contribution < -0.4 is 0 Å². The fourth-order valence-corrected chi connectivity index (χ4v) is 2.77. The Hall–Kier alpha value is -1.16. The summed E-state index contributed by atoms with van der Waals surface area (Å²) < 4.78 is 2.19. The lowest BCUT2D eigenvalue weighted by molar-refractivity contribution is 0.603. The number of hydrogen-bond donors (Lipinski definition) is 0. The summed E-state index contributed by atoms with van der Waals surface area (Å²) in [5.74, 6) is 2.59. The van der Waals surface area contributed by atoms with Gasteiger partial charge in [0, 0.05) is 11.6 Å². The SMILES string of the molecule is CC1(C)CC1c1nnc(CBr)n1-c1ccccc1. The van der Waals surface area contributed by atoms with E-state index >= 15 is 0 Å². The molecule has 0 spiro atoms. The molecule has 0 amide bonds. The maximum atomic E-state index is 4.40. The van der Waals surface area contributed by atoms with Crippen LogP contribution in [-0.2, 0) is 5.33 Å². The second-order valence-electron chi connectivity index (χ2n) is 5.52. The topological polar surface area (TPSA) is 30.7 Å². The highest BCUT2D eigenvalue weighted by molar-refractivity contribution is 9.08. The molecule has 0 bridgehead atoms. The Morgan fingerprint density at radius 3 is 2.50 bits per heavy atom. The van der Waals surface area contributed by atoms with Crippen molar-refractivity contribution < 1.29 is 0 Å². The number of rotatable bonds is 3. The van der Waals surface area contributed by atoms with E-state index in [1.165, 1.54) is 6.42 Å². The van der Waals surface area contributed by atoms with E-state index in [0.717, 1.165) is 22.7 Å². The molecule has 0 aliphatic heterocycles. The summed E-state index contributed by atoms with van der Waals surface area (Å²) in [5.41, 5.74) is 1.51. The molecule has 1 heterocycles. The Kier molecular flexibility index (Phi) is 2.77. The molecule has 0 radical (unpaired) electrons. The maximum absolute atomic E-state index is 4.40. The lowest BCUT2D eigenvalue weighted by Crippen LogP contribution is -2.05. The number of para-hydroxylation sites is 1. The van der Waals surface area contributed by atoms with Crippen LogP contribution in [0.15, 0.2) is 30.3 Å². The van der Waals surface area contributed by atoms with Crippen LogP contribution in [0.3, 0.4) is 0 Å². The van der Waals surface area contributed by atoms with Gasteiger partial charge in [0.25, 0.3) is 0 Å². The van der Waals surface area contributed by atoms with Gasteiger partial charge in [0.15, 0.2) is 0 Å². The van der Waals surface area contributed by atoms with E-state index in [2.05, 4.69) is 68.8 Å². The third-order valence-corrected chi connectivity index (χ3v) is 4.22. The van der Waals surface area contributed by atoms with Crippen LogP contribution in [-0.4, -0.2) is 14.8 Å². The van der Waals surface area contributed by atoms with Crippen molar-refractivity contribution in [2.24, 2.45) is 5.41 Å². The highest BCUT2D eigenvalue weighted by Crippen LogP contribution is 2.58. The molecule has 2 aromatic rings. The van der Waals surface area contributed by atoms with E-state index in [1.807, 2.05) is 6.07 Å². The molecule has 4 heteroatoms. The molecule has 3 nitrogen and oxygen atoms in total. The monoisotopic (exact) mass is 305 g/mol. The summed E-state index contributed by atoms with van der Waals surface area (Å²) in [7, 11) is 0. The molecule has 1 unspecified atom stereocenters. The maximum Gasteiger partial charge on any atom is 0.148 e. The molecule has 1 aliphatic rings. The van der Waals surface area contributed by atoms with Crippen molar-refractivity contribution >= 4 is 15.9 Å². The normalized spacial score (nSPS) is 20.9. The highest BCUT2D eigenvalue weighted by Gasteiger charge is 2.49. The van der Waals surface area contributed by atoms with Gasteiger partial charge in [-0.1, -0.05) is 48.0 Å². The molecule has 1 aromatic carbocycles. The molecule has 0 N–H and O–H groups in total. The van der Waals surface area contributed by atoms with Crippen LogP contribution in [0.2, 0.25) is 0 Å². The molecule has 3 rings (SSSR count). The van der Waals surface area contributed by atoms with Crippen molar-refractivity contribution in [3.05, 3.63) is 42.0 Å². The lowest BCUT2D eigenvalue weighted by atomic mass is 10.1. The predicted molar refractivity (Wildman–Crippen MR) is 75.1 cm³/mol. The number of benzene rings is 1. The van der Waals surface area contributed by atoms with Crippen LogP contribution in [0.4, 0.5) is 0 Å². The lowest BCUT2D eigenvalue weighted by Gasteiger charge is -2.10. The van der Waals surface area contributed by atoms with Gasteiger partial charge >= 0.3 is 0 Å². The first-order valence-corrected chi connectivity index (χ1v) is 7.31. The van der Waals surface area contributed by atoms with E-state index in [4.69, 9.17) is 0 Å².